The molecule has 1 aliphatic heterocycles. The molecule has 0 atom stereocenters. The largest absolute Gasteiger partial charge is 0.477 e. The molecule has 3 rings (SSSR count). The number of benzene rings is 1. The van der Waals surface area contributed by atoms with Crippen molar-refractivity contribution in [2.75, 3.05) is 19.7 Å². The van der Waals surface area contributed by atoms with Gasteiger partial charge >= 0.3 is 0 Å². The molecule has 0 unspecified atom stereocenters. The molecule has 29 heavy (non-hydrogen) atoms. The summed E-state index contributed by atoms with van der Waals surface area (Å²) >= 11 is 0. The fourth-order valence-corrected chi connectivity index (χ4v) is 3.83. The normalized spacial score (nSPS) is 14.8. The first-order valence-electron chi connectivity index (χ1n) is 10.5. The van der Waals surface area contributed by atoms with E-state index >= 15 is 0 Å². The van der Waals surface area contributed by atoms with Crippen molar-refractivity contribution >= 4 is 11.7 Å². The number of piperidine rings is 1. The van der Waals surface area contributed by atoms with Gasteiger partial charge in [-0.15, -0.1) is 0 Å². The van der Waals surface area contributed by atoms with Gasteiger partial charge in [-0.3, -0.25) is 9.59 Å². The van der Waals surface area contributed by atoms with Gasteiger partial charge in [0.1, 0.15) is 5.56 Å². The van der Waals surface area contributed by atoms with Crippen LogP contribution in [0.2, 0.25) is 0 Å². The van der Waals surface area contributed by atoms with Gasteiger partial charge in [-0.05, 0) is 49.8 Å². The summed E-state index contributed by atoms with van der Waals surface area (Å²) < 4.78 is 5.49. The first-order valence-corrected chi connectivity index (χ1v) is 10.5. The van der Waals surface area contributed by atoms with E-state index in [1.54, 1.807) is 23.2 Å². The van der Waals surface area contributed by atoms with Crippen LogP contribution in [0.5, 0.6) is 5.88 Å². The summed E-state index contributed by atoms with van der Waals surface area (Å²) in [6, 6.07) is 11.5. The number of aromatic nitrogens is 1. The molecule has 0 spiro atoms. The van der Waals surface area contributed by atoms with E-state index in [0.29, 0.717) is 49.9 Å². The number of rotatable bonds is 7. The summed E-state index contributed by atoms with van der Waals surface area (Å²) in [4.78, 5) is 31.7. The van der Waals surface area contributed by atoms with E-state index in [1.165, 1.54) is 5.56 Å². The van der Waals surface area contributed by atoms with Gasteiger partial charge in [-0.25, -0.2) is 4.98 Å². The molecule has 5 nitrogen and oxygen atoms in total. The van der Waals surface area contributed by atoms with Crippen LogP contribution in [0, 0.1) is 11.8 Å². The first-order chi connectivity index (χ1) is 14.0. The van der Waals surface area contributed by atoms with E-state index in [0.717, 1.165) is 12.0 Å². The van der Waals surface area contributed by atoms with Crippen molar-refractivity contribution in [2.45, 2.75) is 40.0 Å². The smallest absolute Gasteiger partial charge is 0.259 e. The molecule has 0 radical (unpaired) electrons. The Hall–Kier alpha value is -2.69. The van der Waals surface area contributed by atoms with Crippen molar-refractivity contribution in [2.24, 2.45) is 11.8 Å². The third kappa shape index (κ3) is 5.22. The van der Waals surface area contributed by atoms with Crippen molar-refractivity contribution in [1.29, 1.82) is 0 Å². The summed E-state index contributed by atoms with van der Waals surface area (Å²) in [6.45, 7) is 7.86. The van der Waals surface area contributed by atoms with Crippen LogP contribution in [-0.4, -0.2) is 41.3 Å². The minimum Gasteiger partial charge on any atom is -0.477 e. The van der Waals surface area contributed by atoms with Gasteiger partial charge in [0.05, 0.1) is 6.61 Å². The van der Waals surface area contributed by atoms with Crippen LogP contribution in [-0.2, 0) is 6.42 Å². The number of ketones is 1. The van der Waals surface area contributed by atoms with Gasteiger partial charge in [-0.2, -0.15) is 0 Å². The van der Waals surface area contributed by atoms with Gasteiger partial charge in [0.2, 0.25) is 5.88 Å². The van der Waals surface area contributed by atoms with Gasteiger partial charge in [-0.1, -0.05) is 38.1 Å². The highest BCUT2D eigenvalue weighted by Crippen LogP contribution is 2.25. The zero-order valence-corrected chi connectivity index (χ0v) is 17.6. The summed E-state index contributed by atoms with van der Waals surface area (Å²) in [5.41, 5.74) is 2.52. The molecule has 0 saturated carbocycles. The number of carbonyl (C=O) groups excluding carboxylic acids is 2. The Morgan fingerprint density at radius 1 is 1.14 bits per heavy atom. The molecule has 1 fully saturated rings. The molecule has 1 amide bonds. The van der Waals surface area contributed by atoms with Crippen molar-refractivity contribution in [1.82, 2.24) is 9.88 Å². The summed E-state index contributed by atoms with van der Waals surface area (Å²) in [5.74, 6) is 1.05. The molecule has 0 bridgehead atoms. The molecule has 1 aliphatic rings. The molecule has 0 aliphatic carbocycles. The maximum Gasteiger partial charge on any atom is 0.259 e. The Labute approximate surface area is 173 Å². The van der Waals surface area contributed by atoms with Crippen molar-refractivity contribution in [3.05, 3.63) is 59.3 Å². The summed E-state index contributed by atoms with van der Waals surface area (Å²) in [7, 11) is 0. The lowest BCUT2D eigenvalue weighted by atomic mass is 9.88. The Bertz CT molecular complexity index is 837. The van der Waals surface area contributed by atoms with Gasteiger partial charge < -0.3 is 9.64 Å². The third-order valence-electron chi connectivity index (χ3n) is 5.32. The number of pyridine rings is 1. The zero-order valence-electron chi connectivity index (χ0n) is 17.6. The van der Waals surface area contributed by atoms with Crippen LogP contribution < -0.4 is 4.74 Å². The molecular weight excluding hydrogens is 364 g/mol. The highest BCUT2D eigenvalue weighted by Gasteiger charge is 2.29. The number of nitrogens with zero attached hydrogens (tertiary/aromatic N) is 2. The second-order valence-corrected chi connectivity index (χ2v) is 8.01. The van der Waals surface area contributed by atoms with Crippen molar-refractivity contribution in [3.63, 3.8) is 0 Å². The second-order valence-electron chi connectivity index (χ2n) is 8.01. The molecule has 2 heterocycles. The molecule has 1 saturated heterocycles. The van der Waals surface area contributed by atoms with Gasteiger partial charge in [0.25, 0.3) is 5.91 Å². The highest BCUT2D eigenvalue weighted by molar-refractivity contribution is 5.99. The summed E-state index contributed by atoms with van der Waals surface area (Å²) in [6.07, 6.45) is 4.01. The summed E-state index contributed by atoms with van der Waals surface area (Å²) in [5, 5.41) is 0. The van der Waals surface area contributed by atoms with E-state index in [2.05, 4.69) is 31.0 Å². The van der Waals surface area contributed by atoms with E-state index in [-0.39, 0.29) is 17.6 Å². The number of hydrogen-bond donors (Lipinski definition) is 0. The molecule has 154 valence electrons. The van der Waals surface area contributed by atoms with E-state index in [9.17, 15) is 9.59 Å². The average Bonchev–Trinajstić information content (AvgIpc) is 2.74. The van der Waals surface area contributed by atoms with Crippen molar-refractivity contribution in [3.8, 4) is 5.88 Å². The lowest BCUT2D eigenvalue weighted by Crippen LogP contribution is -2.40. The lowest BCUT2D eigenvalue weighted by molar-refractivity contribution is 0.0646. The number of amides is 1. The SMILES string of the molecule is CCOc1ncccc1C(=O)N1CCC(C(=O)c2ccc(CC(C)C)cc2)CC1. The number of ether oxygens (including phenoxy) is 1. The predicted octanol–water partition coefficient (Wildman–Crippen LogP) is 4.41. The second kappa shape index (κ2) is 9.68. The Kier molecular flexibility index (Phi) is 7.02. The van der Waals surface area contributed by atoms with Crippen LogP contribution >= 0.6 is 0 Å². The lowest BCUT2D eigenvalue weighted by Gasteiger charge is -2.31. The fraction of sp³-hybridized carbons (Fsp3) is 0.458. The number of hydrogen-bond acceptors (Lipinski definition) is 4. The van der Waals surface area contributed by atoms with E-state index in [1.807, 2.05) is 19.1 Å². The maximum atomic E-state index is 12.9. The van der Waals surface area contributed by atoms with Gasteiger partial charge in [0.15, 0.2) is 5.78 Å². The van der Waals surface area contributed by atoms with Crippen LogP contribution in [0.4, 0.5) is 0 Å². The zero-order chi connectivity index (χ0) is 20.8. The van der Waals surface area contributed by atoms with Gasteiger partial charge in [0, 0.05) is 30.8 Å². The molecule has 1 aromatic heterocycles. The number of likely N-dealkylation sites (tertiary alicyclic amines) is 1. The van der Waals surface area contributed by atoms with E-state index < -0.39 is 0 Å². The minimum absolute atomic E-state index is 0.0322. The fourth-order valence-electron chi connectivity index (χ4n) is 3.83. The van der Waals surface area contributed by atoms with Crippen LogP contribution in [0.3, 0.4) is 0 Å². The number of Topliss-reactive ketones (excluding diaryl/α,β-unsaturated/α-hetero) is 1. The average molecular weight is 395 g/mol. The van der Waals surface area contributed by atoms with Crippen LogP contribution in [0.1, 0.15) is 59.9 Å². The third-order valence-corrected chi connectivity index (χ3v) is 5.32. The molecule has 1 aromatic carbocycles. The highest BCUT2D eigenvalue weighted by atomic mass is 16.5. The molecule has 5 heteroatoms. The predicted molar refractivity (Wildman–Crippen MR) is 113 cm³/mol. The quantitative estimate of drug-likeness (QED) is 0.653. The van der Waals surface area contributed by atoms with Crippen LogP contribution in [0.15, 0.2) is 42.6 Å². The Morgan fingerprint density at radius 2 is 1.83 bits per heavy atom. The Balaban J connectivity index is 1.60. The maximum absolute atomic E-state index is 12.9. The topological polar surface area (TPSA) is 59.5 Å². The van der Waals surface area contributed by atoms with Crippen molar-refractivity contribution < 1.29 is 14.3 Å². The molecule has 0 N–H and O–H groups in total. The minimum atomic E-state index is -0.0783. The number of carbonyl (C=O) groups is 2. The standard InChI is InChI=1S/C24H30N2O3/c1-4-29-23-21(6-5-13-25-23)24(28)26-14-11-20(12-15-26)22(27)19-9-7-18(8-10-19)16-17(2)3/h5-10,13,17,20H,4,11-12,14-16H2,1-3H3. The van der Waals surface area contributed by atoms with Crippen LogP contribution in [0.25, 0.3) is 0 Å². The monoisotopic (exact) mass is 394 g/mol. The molecular formula is C24H30N2O3. The Morgan fingerprint density at radius 3 is 2.45 bits per heavy atom. The first kappa shape index (κ1) is 21.0. The van der Waals surface area contributed by atoms with E-state index in [4.69, 9.17) is 4.74 Å². The molecule has 2 aromatic rings.